The minimum atomic E-state index is -4.51. The van der Waals surface area contributed by atoms with Crippen molar-refractivity contribution in [3.8, 4) is 11.3 Å². The summed E-state index contributed by atoms with van der Waals surface area (Å²) in [5, 5.41) is 13.6. The highest BCUT2D eigenvalue weighted by atomic mass is 19.4. The van der Waals surface area contributed by atoms with Crippen LogP contribution >= 0.6 is 0 Å². The van der Waals surface area contributed by atoms with Crippen LogP contribution in [0.1, 0.15) is 77.4 Å². The zero-order chi connectivity index (χ0) is 26.6. The number of aromatic carboxylic acids is 1. The van der Waals surface area contributed by atoms with Gasteiger partial charge in [0.2, 0.25) is 0 Å². The molecule has 2 bridgehead atoms. The maximum Gasteiger partial charge on any atom is 0.417 e. The number of carboxylic acids is 1. The number of benzene rings is 1. The Morgan fingerprint density at radius 1 is 1.13 bits per heavy atom. The van der Waals surface area contributed by atoms with Crippen LogP contribution in [0.25, 0.3) is 11.3 Å². The van der Waals surface area contributed by atoms with Gasteiger partial charge in [0.1, 0.15) is 17.3 Å². The minimum Gasteiger partial charge on any atom is -0.478 e. The summed E-state index contributed by atoms with van der Waals surface area (Å²) in [5.74, 6) is 0.490. The van der Waals surface area contributed by atoms with Gasteiger partial charge in [-0.25, -0.2) is 9.78 Å². The number of anilines is 1. The molecule has 3 aliphatic rings. The van der Waals surface area contributed by atoms with Crippen molar-refractivity contribution in [2.45, 2.75) is 82.3 Å². The van der Waals surface area contributed by atoms with E-state index in [-0.39, 0.29) is 47.5 Å². The van der Waals surface area contributed by atoms with Gasteiger partial charge in [0, 0.05) is 34.8 Å². The fourth-order valence-electron chi connectivity index (χ4n) is 6.02. The van der Waals surface area contributed by atoms with Crippen LogP contribution in [0, 0.1) is 6.92 Å². The Bertz CT molecular complexity index is 1350. The van der Waals surface area contributed by atoms with E-state index in [4.69, 9.17) is 9.26 Å². The summed E-state index contributed by atoms with van der Waals surface area (Å²) in [7, 11) is 0. The quantitative estimate of drug-likeness (QED) is 0.383. The van der Waals surface area contributed by atoms with Crippen molar-refractivity contribution in [1.82, 2.24) is 10.1 Å². The molecule has 10 heteroatoms. The van der Waals surface area contributed by atoms with Crippen molar-refractivity contribution < 1.29 is 32.3 Å². The molecule has 3 atom stereocenters. The number of carbonyl (C=O) groups is 1. The third kappa shape index (κ3) is 4.66. The number of halogens is 3. The van der Waals surface area contributed by atoms with Gasteiger partial charge in [-0.1, -0.05) is 23.4 Å². The average Bonchev–Trinajstić information content (AvgIpc) is 3.57. The fraction of sp³-hybridized carbons (Fsp3) is 0.464. The maximum atomic E-state index is 13.8. The van der Waals surface area contributed by atoms with Crippen molar-refractivity contribution in [2.24, 2.45) is 0 Å². The van der Waals surface area contributed by atoms with Gasteiger partial charge >= 0.3 is 12.1 Å². The van der Waals surface area contributed by atoms with E-state index in [0.29, 0.717) is 22.8 Å². The molecule has 7 nitrogen and oxygen atoms in total. The summed E-state index contributed by atoms with van der Waals surface area (Å²) in [5.41, 5.74) is 0.941. The Morgan fingerprint density at radius 2 is 1.84 bits per heavy atom. The molecule has 2 aromatic heterocycles. The van der Waals surface area contributed by atoms with E-state index >= 15 is 0 Å². The second-order valence-corrected chi connectivity index (χ2v) is 10.5. The second-order valence-electron chi connectivity index (χ2n) is 10.5. The molecular weight excluding hydrogens is 499 g/mol. The van der Waals surface area contributed by atoms with Crippen LogP contribution in [0.4, 0.5) is 19.0 Å². The Hall–Kier alpha value is -3.40. The molecule has 3 aromatic rings. The molecule has 3 fully saturated rings. The highest BCUT2D eigenvalue weighted by Gasteiger charge is 2.43. The summed E-state index contributed by atoms with van der Waals surface area (Å²) in [6.45, 7) is 1.92. The lowest BCUT2D eigenvalue weighted by Crippen LogP contribution is -2.46. The van der Waals surface area contributed by atoms with Crippen molar-refractivity contribution in [3.05, 3.63) is 64.5 Å². The van der Waals surface area contributed by atoms with Gasteiger partial charge in [-0.2, -0.15) is 13.2 Å². The number of ether oxygens (including phenoxy) is 1. The third-order valence-electron chi connectivity index (χ3n) is 7.86. The Kier molecular flexibility index (Phi) is 6.17. The number of nitrogens with zero attached hydrogens (tertiary/aromatic N) is 3. The van der Waals surface area contributed by atoms with E-state index < -0.39 is 17.7 Å². The topological polar surface area (TPSA) is 88.7 Å². The van der Waals surface area contributed by atoms with Crippen LogP contribution in [-0.2, 0) is 17.5 Å². The normalized spacial score (nSPS) is 23.2. The highest BCUT2D eigenvalue weighted by Crippen LogP contribution is 2.46. The number of hydrogen-bond donors (Lipinski definition) is 1. The molecule has 38 heavy (non-hydrogen) atoms. The SMILES string of the molecule is Cc1cc(C(=O)O)cc(N2[C@@H]3CC[C@H]2C[C@@H](OCc2c(-c4ccccc4C(F)(F)F)noc2C2CC2)C3)n1. The molecule has 0 radical (unpaired) electrons. The summed E-state index contributed by atoms with van der Waals surface area (Å²) in [6, 6.07) is 8.95. The van der Waals surface area contributed by atoms with Gasteiger partial charge < -0.3 is 19.3 Å². The van der Waals surface area contributed by atoms with Crippen LogP contribution in [0.2, 0.25) is 0 Å². The Balaban J connectivity index is 1.22. The molecule has 0 spiro atoms. The van der Waals surface area contributed by atoms with Crippen LogP contribution in [-0.4, -0.2) is 39.4 Å². The lowest BCUT2D eigenvalue weighted by molar-refractivity contribution is -0.137. The maximum absolute atomic E-state index is 13.8. The molecule has 1 aliphatic carbocycles. The lowest BCUT2D eigenvalue weighted by atomic mass is 9.98. The number of hydrogen-bond acceptors (Lipinski definition) is 6. The van der Waals surface area contributed by atoms with E-state index in [9.17, 15) is 23.1 Å². The number of rotatable bonds is 7. The van der Waals surface area contributed by atoms with E-state index in [0.717, 1.165) is 44.6 Å². The average molecular weight is 528 g/mol. The number of piperidine rings is 1. The minimum absolute atomic E-state index is 0.00361. The molecule has 4 heterocycles. The van der Waals surface area contributed by atoms with E-state index in [1.165, 1.54) is 12.1 Å². The first-order valence-corrected chi connectivity index (χ1v) is 13.0. The smallest absolute Gasteiger partial charge is 0.417 e. The van der Waals surface area contributed by atoms with Gasteiger partial charge in [0.05, 0.1) is 23.8 Å². The van der Waals surface area contributed by atoms with E-state index in [1.54, 1.807) is 25.1 Å². The number of aryl methyl sites for hydroxylation is 1. The highest BCUT2D eigenvalue weighted by molar-refractivity contribution is 5.88. The molecule has 2 saturated heterocycles. The zero-order valence-electron chi connectivity index (χ0n) is 20.9. The van der Waals surface area contributed by atoms with Crippen LogP contribution in [0.5, 0.6) is 0 Å². The fourth-order valence-corrected chi connectivity index (χ4v) is 6.02. The number of pyridine rings is 1. The molecule has 2 aliphatic heterocycles. The number of carboxylic acid groups (broad SMARTS) is 1. The summed E-state index contributed by atoms with van der Waals surface area (Å²) in [6.07, 6.45) is 0.616. The van der Waals surface area contributed by atoms with E-state index in [2.05, 4.69) is 15.0 Å². The van der Waals surface area contributed by atoms with Gasteiger partial charge in [-0.15, -0.1) is 0 Å². The summed E-state index contributed by atoms with van der Waals surface area (Å²) < 4.78 is 53.2. The number of aromatic nitrogens is 2. The summed E-state index contributed by atoms with van der Waals surface area (Å²) >= 11 is 0. The van der Waals surface area contributed by atoms with Crippen LogP contribution in [0.3, 0.4) is 0 Å². The van der Waals surface area contributed by atoms with Crippen molar-refractivity contribution >= 4 is 11.8 Å². The molecule has 1 saturated carbocycles. The van der Waals surface area contributed by atoms with E-state index in [1.807, 2.05) is 0 Å². The first kappa shape index (κ1) is 24.9. The van der Waals surface area contributed by atoms with Gasteiger partial charge in [-0.05, 0) is 63.6 Å². The first-order valence-electron chi connectivity index (χ1n) is 13.0. The van der Waals surface area contributed by atoms with Crippen molar-refractivity contribution in [1.29, 1.82) is 0 Å². The standard InChI is InChI=1S/C28H28F3N3O4/c1-15-10-17(27(35)36)11-24(32-15)34-18-8-9-19(34)13-20(12-18)37-14-22-25(33-38-26(22)16-6-7-16)21-4-2-3-5-23(21)28(29,30)31/h2-5,10-11,16,18-20H,6-9,12-14H2,1H3,(H,35,36)/t18-,19+,20+. The van der Waals surface area contributed by atoms with Crippen molar-refractivity contribution in [3.63, 3.8) is 0 Å². The second kappa shape index (κ2) is 9.41. The van der Waals surface area contributed by atoms with Crippen LogP contribution in [0.15, 0.2) is 40.9 Å². The van der Waals surface area contributed by atoms with Crippen molar-refractivity contribution in [2.75, 3.05) is 4.90 Å². The van der Waals surface area contributed by atoms with Crippen LogP contribution < -0.4 is 4.90 Å². The molecular formula is C28H28F3N3O4. The van der Waals surface area contributed by atoms with Gasteiger partial charge in [0.25, 0.3) is 0 Å². The molecule has 0 unspecified atom stereocenters. The first-order chi connectivity index (χ1) is 18.2. The molecule has 1 N–H and O–H groups in total. The third-order valence-corrected chi connectivity index (χ3v) is 7.86. The number of fused-ring (bicyclic) bond motifs is 2. The van der Waals surface area contributed by atoms with Gasteiger partial charge in [-0.3, -0.25) is 0 Å². The predicted molar refractivity (Wildman–Crippen MR) is 132 cm³/mol. The monoisotopic (exact) mass is 527 g/mol. The largest absolute Gasteiger partial charge is 0.478 e. The molecule has 6 rings (SSSR count). The Labute approximate surface area is 217 Å². The zero-order valence-corrected chi connectivity index (χ0v) is 20.9. The Morgan fingerprint density at radius 3 is 2.50 bits per heavy atom. The lowest BCUT2D eigenvalue weighted by Gasteiger charge is -2.39. The summed E-state index contributed by atoms with van der Waals surface area (Å²) in [4.78, 5) is 18.4. The molecule has 200 valence electrons. The number of alkyl halides is 3. The molecule has 1 aromatic carbocycles. The molecule has 0 amide bonds. The predicted octanol–water partition coefficient (Wildman–Crippen LogP) is 6.36. The van der Waals surface area contributed by atoms with Gasteiger partial charge in [0.15, 0.2) is 0 Å².